The van der Waals surface area contributed by atoms with E-state index in [-0.39, 0.29) is 18.9 Å². The van der Waals surface area contributed by atoms with Crippen LogP contribution in [0.4, 0.5) is 0 Å². The van der Waals surface area contributed by atoms with Crippen LogP contribution in [0.1, 0.15) is 25.7 Å². The molecule has 50 valence electrons. The second-order valence-electron chi connectivity index (χ2n) is 3.19. The molecule has 1 fully saturated rings. The van der Waals surface area contributed by atoms with E-state index >= 15 is 0 Å². The summed E-state index contributed by atoms with van der Waals surface area (Å²) in [4.78, 5) is 0. The van der Waals surface area contributed by atoms with Gasteiger partial charge in [0.2, 0.25) is 0 Å². The van der Waals surface area contributed by atoms with Crippen LogP contribution in [-0.4, -0.2) is 0 Å². The van der Waals surface area contributed by atoms with Crippen molar-refractivity contribution < 1.29 is 24.0 Å². The van der Waals surface area contributed by atoms with Crippen molar-refractivity contribution in [2.45, 2.75) is 25.7 Å². The third-order valence-electron chi connectivity index (χ3n) is 2.58. The van der Waals surface area contributed by atoms with Gasteiger partial charge in [-0.3, -0.25) is 0 Å². The molecule has 0 spiro atoms. The first-order chi connectivity index (χ1) is 4.36. The van der Waals surface area contributed by atoms with E-state index in [0.717, 1.165) is 12.3 Å². The van der Waals surface area contributed by atoms with Gasteiger partial charge in [-0.15, -0.1) is 5.76 Å². The topological polar surface area (TPSA) is 23.1 Å². The summed E-state index contributed by atoms with van der Waals surface area (Å²) in [7, 11) is 0. The molecule has 1 nitrogen and oxygen atoms in total. The summed E-state index contributed by atoms with van der Waals surface area (Å²) in [6, 6.07) is 0. The van der Waals surface area contributed by atoms with Gasteiger partial charge in [-0.2, -0.15) is 0 Å². The van der Waals surface area contributed by atoms with E-state index in [9.17, 15) is 5.11 Å². The van der Waals surface area contributed by atoms with Gasteiger partial charge < -0.3 is 5.11 Å². The van der Waals surface area contributed by atoms with Crippen molar-refractivity contribution in [2.24, 2.45) is 11.8 Å². The number of allylic oxidation sites excluding steroid dienone is 2. The van der Waals surface area contributed by atoms with Crippen LogP contribution in [0.2, 0.25) is 0 Å². The van der Waals surface area contributed by atoms with E-state index in [1.54, 1.807) is 0 Å². The number of rotatable bonds is 0. The van der Waals surface area contributed by atoms with E-state index in [1.165, 1.54) is 19.3 Å². The van der Waals surface area contributed by atoms with Crippen LogP contribution in [0.3, 0.4) is 0 Å². The SMILES string of the molecule is [Li+].[O-]C1=C[C@H]2CCC[C@@H]2C1. The Bertz CT molecular complexity index is 153. The Kier molecular flexibility index (Phi) is 2.49. The van der Waals surface area contributed by atoms with Crippen LogP contribution in [0.15, 0.2) is 11.8 Å². The molecule has 0 heterocycles. The van der Waals surface area contributed by atoms with Crippen molar-refractivity contribution in [3.63, 3.8) is 0 Å². The van der Waals surface area contributed by atoms with E-state index < -0.39 is 0 Å². The molecule has 0 aromatic heterocycles. The minimum absolute atomic E-state index is 0. The van der Waals surface area contributed by atoms with Crippen molar-refractivity contribution in [3.8, 4) is 0 Å². The molecule has 10 heavy (non-hydrogen) atoms. The Labute approximate surface area is 73.7 Å². The molecule has 2 atom stereocenters. The molecule has 2 aliphatic carbocycles. The van der Waals surface area contributed by atoms with Crippen molar-refractivity contribution in [3.05, 3.63) is 11.8 Å². The summed E-state index contributed by atoms with van der Waals surface area (Å²) in [6.07, 6.45) is 6.71. The molecule has 2 aliphatic rings. The van der Waals surface area contributed by atoms with Gasteiger partial charge >= 0.3 is 18.9 Å². The molecule has 0 amide bonds. The molecule has 2 rings (SSSR count). The zero-order valence-electron chi connectivity index (χ0n) is 6.47. The Hall–Kier alpha value is 0.137. The molecule has 0 aliphatic heterocycles. The third kappa shape index (κ3) is 1.26. The largest absolute Gasteiger partial charge is 1.00 e. The predicted octanol–water partition coefficient (Wildman–Crippen LogP) is -1.95. The summed E-state index contributed by atoms with van der Waals surface area (Å²) in [5, 5.41) is 10.8. The Morgan fingerprint density at radius 2 is 2.20 bits per heavy atom. The molecule has 0 saturated heterocycles. The van der Waals surface area contributed by atoms with Crippen LogP contribution in [-0.2, 0) is 0 Å². The first-order valence-electron chi connectivity index (χ1n) is 3.74. The molecule has 0 N–H and O–H groups in total. The summed E-state index contributed by atoms with van der Waals surface area (Å²) >= 11 is 0. The maximum atomic E-state index is 10.8. The Morgan fingerprint density at radius 1 is 1.40 bits per heavy atom. The summed E-state index contributed by atoms with van der Waals surface area (Å²) in [6.45, 7) is 0. The van der Waals surface area contributed by atoms with E-state index in [2.05, 4.69) is 0 Å². The molecule has 0 radical (unpaired) electrons. The maximum absolute atomic E-state index is 10.8. The number of hydrogen-bond acceptors (Lipinski definition) is 1. The number of fused-ring (bicyclic) bond motifs is 1. The van der Waals surface area contributed by atoms with Crippen LogP contribution in [0.5, 0.6) is 0 Å². The molecule has 0 unspecified atom stereocenters. The van der Waals surface area contributed by atoms with Crippen molar-refractivity contribution in [1.82, 2.24) is 0 Å². The summed E-state index contributed by atoms with van der Waals surface area (Å²) < 4.78 is 0. The molecular weight excluding hydrogens is 119 g/mol. The minimum atomic E-state index is 0. The van der Waals surface area contributed by atoms with Gasteiger partial charge in [-0.1, -0.05) is 12.5 Å². The molecule has 0 aromatic rings. The van der Waals surface area contributed by atoms with E-state index in [0.29, 0.717) is 11.7 Å². The maximum Gasteiger partial charge on any atom is 1.00 e. The van der Waals surface area contributed by atoms with Gasteiger partial charge in [-0.05, 0) is 31.1 Å². The summed E-state index contributed by atoms with van der Waals surface area (Å²) in [5.41, 5.74) is 0. The fourth-order valence-electron chi connectivity index (χ4n) is 2.10. The molecule has 1 saturated carbocycles. The van der Waals surface area contributed by atoms with Crippen LogP contribution >= 0.6 is 0 Å². The van der Waals surface area contributed by atoms with Crippen LogP contribution < -0.4 is 24.0 Å². The molecular formula is C8H11LiO. The Balaban J connectivity index is 0.000000500. The Morgan fingerprint density at radius 3 is 2.90 bits per heavy atom. The predicted molar refractivity (Wildman–Crippen MR) is 33.5 cm³/mol. The second kappa shape index (κ2) is 3.03. The average molecular weight is 130 g/mol. The smallest absolute Gasteiger partial charge is 0.876 e. The van der Waals surface area contributed by atoms with Crippen molar-refractivity contribution >= 4 is 0 Å². The normalized spacial score (nSPS) is 36.6. The first-order valence-corrected chi connectivity index (χ1v) is 3.74. The molecule has 0 bridgehead atoms. The average Bonchev–Trinajstić information content (AvgIpc) is 2.22. The first kappa shape index (κ1) is 8.24. The van der Waals surface area contributed by atoms with Gasteiger partial charge in [0.1, 0.15) is 0 Å². The van der Waals surface area contributed by atoms with Gasteiger partial charge in [0.15, 0.2) is 0 Å². The fraction of sp³-hybridized carbons (Fsp3) is 0.750. The van der Waals surface area contributed by atoms with E-state index in [1.807, 2.05) is 6.08 Å². The number of hydrogen-bond donors (Lipinski definition) is 0. The van der Waals surface area contributed by atoms with Gasteiger partial charge in [0.05, 0.1) is 0 Å². The zero-order valence-corrected chi connectivity index (χ0v) is 6.47. The molecule has 2 heteroatoms. The minimum Gasteiger partial charge on any atom is -0.876 e. The van der Waals surface area contributed by atoms with E-state index in [4.69, 9.17) is 0 Å². The fourth-order valence-corrected chi connectivity index (χ4v) is 2.10. The van der Waals surface area contributed by atoms with Gasteiger partial charge in [0, 0.05) is 0 Å². The van der Waals surface area contributed by atoms with Gasteiger partial charge in [0.25, 0.3) is 0 Å². The zero-order chi connectivity index (χ0) is 6.27. The van der Waals surface area contributed by atoms with Crippen molar-refractivity contribution in [1.29, 1.82) is 0 Å². The molecule has 0 aromatic carbocycles. The van der Waals surface area contributed by atoms with Crippen molar-refractivity contribution in [2.75, 3.05) is 0 Å². The third-order valence-corrected chi connectivity index (χ3v) is 2.58. The monoisotopic (exact) mass is 130 g/mol. The standard InChI is InChI=1S/C8H12O.Li/c9-8-4-6-2-1-3-7(6)5-8;/h4,6-7,9H,1-3,5H2;/q;+1/p-1/t6-,7-;/m1./s1. The second-order valence-corrected chi connectivity index (χ2v) is 3.19. The van der Waals surface area contributed by atoms with Crippen LogP contribution in [0, 0.1) is 11.8 Å². The quantitative estimate of drug-likeness (QED) is 0.350. The summed E-state index contributed by atoms with van der Waals surface area (Å²) in [5.74, 6) is 1.82. The van der Waals surface area contributed by atoms with Crippen LogP contribution in [0.25, 0.3) is 0 Å². The van der Waals surface area contributed by atoms with Gasteiger partial charge in [-0.25, -0.2) is 0 Å².